The molecule has 206 valence electrons. The van der Waals surface area contributed by atoms with E-state index in [1.54, 1.807) is 0 Å². The van der Waals surface area contributed by atoms with E-state index in [-0.39, 0.29) is 22.0 Å². The van der Waals surface area contributed by atoms with Crippen LogP contribution in [0.5, 0.6) is 0 Å². The molecule has 34 heavy (non-hydrogen) atoms. The standard InChI is InChI=1S/C32H66O2/c1-17-25(27(5,6)7)21-23-31(19-3,29(11,12)13)33-34-32(20-4,30(14,15)16)24-22-26(18-2)28(8,9)10/h25-26H,17-24H2,1-16H3. The molecule has 0 rings (SSSR count). The van der Waals surface area contributed by atoms with Gasteiger partial charge in [-0.1, -0.05) is 124 Å². The first-order chi connectivity index (χ1) is 15.2. The quantitative estimate of drug-likeness (QED) is 0.192. The molecule has 0 N–H and O–H groups in total. The lowest BCUT2D eigenvalue weighted by Crippen LogP contribution is -2.52. The average Bonchev–Trinajstić information content (AvgIpc) is 2.65. The fraction of sp³-hybridized carbons (Fsp3) is 1.00. The highest BCUT2D eigenvalue weighted by atomic mass is 17.2. The Kier molecular flexibility index (Phi) is 12.4. The third-order valence-electron chi connectivity index (χ3n) is 9.46. The molecule has 2 heteroatoms. The Labute approximate surface area is 216 Å². The van der Waals surface area contributed by atoms with Crippen molar-refractivity contribution in [3.63, 3.8) is 0 Å². The lowest BCUT2D eigenvalue weighted by Gasteiger charge is -2.50. The van der Waals surface area contributed by atoms with Gasteiger partial charge in [-0.3, -0.25) is 0 Å². The van der Waals surface area contributed by atoms with E-state index in [2.05, 4.69) is 111 Å². The summed E-state index contributed by atoms with van der Waals surface area (Å²) in [4.78, 5) is 13.6. The summed E-state index contributed by atoms with van der Waals surface area (Å²) in [5.41, 5.74) is 0.0116. The van der Waals surface area contributed by atoms with E-state index in [4.69, 9.17) is 9.78 Å². The van der Waals surface area contributed by atoms with Gasteiger partial charge in [-0.2, -0.15) is 0 Å². The summed E-state index contributed by atoms with van der Waals surface area (Å²) < 4.78 is 0. The fourth-order valence-corrected chi connectivity index (χ4v) is 6.09. The molecular weight excluding hydrogens is 416 g/mol. The summed E-state index contributed by atoms with van der Waals surface area (Å²) in [6.07, 6.45) is 8.75. The molecule has 4 unspecified atom stereocenters. The highest BCUT2D eigenvalue weighted by Gasteiger charge is 2.49. The topological polar surface area (TPSA) is 18.5 Å². The van der Waals surface area contributed by atoms with Crippen LogP contribution in [0, 0.1) is 33.5 Å². The lowest BCUT2D eigenvalue weighted by molar-refractivity contribution is -0.449. The van der Waals surface area contributed by atoms with Gasteiger partial charge in [-0.05, 0) is 72.0 Å². The third-order valence-corrected chi connectivity index (χ3v) is 9.46. The highest BCUT2D eigenvalue weighted by molar-refractivity contribution is 4.95. The zero-order valence-corrected chi connectivity index (χ0v) is 26.6. The molecule has 0 saturated carbocycles. The zero-order valence-electron chi connectivity index (χ0n) is 26.6. The minimum Gasteiger partial charge on any atom is -0.229 e. The van der Waals surface area contributed by atoms with Gasteiger partial charge in [0.1, 0.15) is 11.2 Å². The largest absolute Gasteiger partial charge is 0.229 e. The van der Waals surface area contributed by atoms with Crippen LogP contribution in [-0.4, -0.2) is 11.2 Å². The van der Waals surface area contributed by atoms with Gasteiger partial charge in [0.25, 0.3) is 0 Å². The Bertz CT molecular complexity index is 514. The summed E-state index contributed by atoms with van der Waals surface area (Å²) >= 11 is 0. The number of hydrogen-bond acceptors (Lipinski definition) is 2. The second-order valence-electron chi connectivity index (χ2n) is 15.4. The summed E-state index contributed by atoms with van der Waals surface area (Å²) in [6, 6.07) is 0. The second-order valence-corrected chi connectivity index (χ2v) is 15.4. The van der Waals surface area contributed by atoms with Gasteiger partial charge in [0.05, 0.1) is 0 Å². The van der Waals surface area contributed by atoms with E-state index in [1.807, 2.05) is 0 Å². The van der Waals surface area contributed by atoms with E-state index in [0.717, 1.165) is 25.7 Å². The van der Waals surface area contributed by atoms with Gasteiger partial charge in [-0.25, -0.2) is 9.78 Å². The van der Waals surface area contributed by atoms with Gasteiger partial charge in [0.2, 0.25) is 0 Å². The Morgan fingerprint density at radius 1 is 0.471 bits per heavy atom. The molecular formula is C32H66O2. The normalized spacial score (nSPS) is 19.4. The molecule has 0 radical (unpaired) electrons. The Morgan fingerprint density at radius 3 is 0.882 bits per heavy atom. The predicted octanol–water partition coefficient (Wildman–Crippen LogP) is 11.0. The molecule has 0 fully saturated rings. The summed E-state index contributed by atoms with van der Waals surface area (Å²) in [5.74, 6) is 1.36. The van der Waals surface area contributed by atoms with Crippen LogP contribution in [0.1, 0.15) is 162 Å². The number of hydrogen-bond donors (Lipinski definition) is 0. The van der Waals surface area contributed by atoms with E-state index >= 15 is 0 Å². The van der Waals surface area contributed by atoms with Gasteiger partial charge in [-0.15, -0.1) is 0 Å². The van der Waals surface area contributed by atoms with E-state index in [9.17, 15) is 0 Å². The average molecular weight is 483 g/mol. The molecule has 0 aliphatic rings. The highest BCUT2D eigenvalue weighted by Crippen LogP contribution is 2.48. The van der Waals surface area contributed by atoms with Crippen molar-refractivity contribution in [1.82, 2.24) is 0 Å². The molecule has 0 saturated heterocycles. The second kappa shape index (κ2) is 12.4. The first-order valence-corrected chi connectivity index (χ1v) is 14.5. The van der Waals surface area contributed by atoms with Crippen molar-refractivity contribution in [2.24, 2.45) is 33.5 Å². The molecule has 0 bridgehead atoms. The predicted molar refractivity (Wildman–Crippen MR) is 152 cm³/mol. The first-order valence-electron chi connectivity index (χ1n) is 14.5. The molecule has 2 nitrogen and oxygen atoms in total. The molecule has 0 aromatic heterocycles. The first kappa shape index (κ1) is 33.9. The minimum absolute atomic E-state index is 0.00729. The van der Waals surface area contributed by atoms with Crippen molar-refractivity contribution in [3.8, 4) is 0 Å². The third kappa shape index (κ3) is 8.79. The van der Waals surface area contributed by atoms with Crippen LogP contribution in [0.2, 0.25) is 0 Å². The van der Waals surface area contributed by atoms with Crippen LogP contribution >= 0.6 is 0 Å². The fourth-order valence-electron chi connectivity index (χ4n) is 6.09. The van der Waals surface area contributed by atoms with Gasteiger partial charge < -0.3 is 0 Å². The molecule has 0 spiro atoms. The zero-order chi connectivity index (χ0) is 27.2. The van der Waals surface area contributed by atoms with Crippen molar-refractivity contribution >= 4 is 0 Å². The molecule has 0 heterocycles. The number of rotatable bonds is 13. The Balaban J connectivity index is 6.02. The maximum absolute atomic E-state index is 6.79. The summed E-state index contributed by atoms with van der Waals surface area (Å²) in [7, 11) is 0. The van der Waals surface area contributed by atoms with Crippen molar-refractivity contribution in [2.75, 3.05) is 0 Å². The molecule has 0 aliphatic carbocycles. The van der Waals surface area contributed by atoms with E-state index in [0.29, 0.717) is 22.7 Å². The Morgan fingerprint density at radius 2 is 0.735 bits per heavy atom. The molecule has 0 amide bonds. The van der Waals surface area contributed by atoms with Crippen LogP contribution in [0.4, 0.5) is 0 Å². The van der Waals surface area contributed by atoms with Gasteiger partial charge in [0, 0.05) is 0 Å². The van der Waals surface area contributed by atoms with Crippen molar-refractivity contribution < 1.29 is 9.78 Å². The van der Waals surface area contributed by atoms with Crippen LogP contribution < -0.4 is 0 Å². The Hall–Kier alpha value is -0.0800. The minimum atomic E-state index is -0.300. The molecule has 0 aromatic carbocycles. The van der Waals surface area contributed by atoms with Crippen LogP contribution in [0.3, 0.4) is 0 Å². The van der Waals surface area contributed by atoms with Crippen LogP contribution in [0.15, 0.2) is 0 Å². The van der Waals surface area contributed by atoms with E-state index in [1.165, 1.54) is 25.7 Å². The smallest absolute Gasteiger partial charge is 0.108 e. The van der Waals surface area contributed by atoms with Gasteiger partial charge in [0.15, 0.2) is 0 Å². The maximum atomic E-state index is 6.79. The molecule has 0 aromatic rings. The van der Waals surface area contributed by atoms with Gasteiger partial charge >= 0.3 is 0 Å². The van der Waals surface area contributed by atoms with Crippen LogP contribution in [-0.2, 0) is 9.78 Å². The summed E-state index contributed by atoms with van der Waals surface area (Å²) in [6.45, 7) is 37.5. The SMILES string of the molecule is CCC(CCC(CC)(OOC(CC)(CCC(CC)C(C)(C)C)C(C)(C)C)C(C)(C)C)C(C)(C)C. The lowest BCUT2D eigenvalue weighted by atomic mass is 9.68. The van der Waals surface area contributed by atoms with E-state index < -0.39 is 0 Å². The maximum Gasteiger partial charge on any atom is 0.108 e. The molecule has 4 atom stereocenters. The molecule has 0 aliphatic heterocycles. The summed E-state index contributed by atoms with van der Waals surface area (Å²) in [5, 5.41) is 0. The van der Waals surface area contributed by atoms with Crippen molar-refractivity contribution in [3.05, 3.63) is 0 Å². The van der Waals surface area contributed by atoms with Crippen LogP contribution in [0.25, 0.3) is 0 Å². The van der Waals surface area contributed by atoms with Crippen molar-refractivity contribution in [2.45, 2.75) is 173 Å². The van der Waals surface area contributed by atoms with Crippen molar-refractivity contribution in [1.29, 1.82) is 0 Å². The monoisotopic (exact) mass is 483 g/mol.